The minimum atomic E-state index is -0.850. The standard InChI is InChI=1S/C15H14N2O2S/c1-9-14(11-5-3-4-6-12(11)17(9)2)15-16-10(8-20-15)7-13(18)19/h3-6,8H,7H2,1-2H3,(H,18,19). The van der Waals surface area contributed by atoms with Gasteiger partial charge in [-0.3, -0.25) is 4.79 Å². The largest absolute Gasteiger partial charge is 0.481 e. The number of carboxylic acids is 1. The summed E-state index contributed by atoms with van der Waals surface area (Å²) < 4.78 is 2.14. The molecule has 0 bridgehead atoms. The Morgan fingerprint density at radius 3 is 2.90 bits per heavy atom. The van der Waals surface area contributed by atoms with E-state index in [9.17, 15) is 4.79 Å². The third-order valence-electron chi connectivity index (χ3n) is 3.50. The van der Waals surface area contributed by atoms with E-state index in [-0.39, 0.29) is 6.42 Å². The summed E-state index contributed by atoms with van der Waals surface area (Å²) in [6, 6.07) is 8.19. The number of benzene rings is 1. The summed E-state index contributed by atoms with van der Waals surface area (Å²) in [5.41, 5.74) is 4.02. The molecule has 20 heavy (non-hydrogen) atoms. The molecule has 2 aromatic heterocycles. The lowest BCUT2D eigenvalue weighted by Gasteiger charge is -1.98. The van der Waals surface area contributed by atoms with Gasteiger partial charge >= 0.3 is 5.97 Å². The van der Waals surface area contributed by atoms with Crippen molar-refractivity contribution in [2.45, 2.75) is 13.3 Å². The Labute approximate surface area is 120 Å². The highest BCUT2D eigenvalue weighted by Crippen LogP contribution is 2.35. The maximum atomic E-state index is 10.8. The van der Waals surface area contributed by atoms with Crippen molar-refractivity contribution in [3.8, 4) is 10.6 Å². The maximum Gasteiger partial charge on any atom is 0.309 e. The quantitative estimate of drug-likeness (QED) is 0.804. The van der Waals surface area contributed by atoms with Gasteiger partial charge < -0.3 is 9.67 Å². The van der Waals surface area contributed by atoms with Crippen LogP contribution in [0.4, 0.5) is 0 Å². The number of para-hydroxylation sites is 1. The van der Waals surface area contributed by atoms with Gasteiger partial charge in [0.05, 0.1) is 12.1 Å². The Balaban J connectivity index is 2.17. The van der Waals surface area contributed by atoms with Gasteiger partial charge in [0.1, 0.15) is 5.01 Å². The molecule has 5 heteroatoms. The van der Waals surface area contributed by atoms with Crippen LogP contribution < -0.4 is 0 Å². The van der Waals surface area contributed by atoms with Crippen molar-refractivity contribution in [2.75, 3.05) is 0 Å². The second-order valence-corrected chi connectivity index (χ2v) is 5.61. The number of thiazole rings is 1. The molecule has 0 aliphatic heterocycles. The zero-order valence-corrected chi connectivity index (χ0v) is 12.1. The van der Waals surface area contributed by atoms with Gasteiger partial charge in [-0.05, 0) is 13.0 Å². The smallest absolute Gasteiger partial charge is 0.309 e. The van der Waals surface area contributed by atoms with E-state index in [1.807, 2.05) is 24.6 Å². The summed E-state index contributed by atoms with van der Waals surface area (Å²) in [6.07, 6.45) is -0.0275. The van der Waals surface area contributed by atoms with Gasteiger partial charge in [0.25, 0.3) is 0 Å². The van der Waals surface area contributed by atoms with Gasteiger partial charge in [-0.15, -0.1) is 11.3 Å². The fraction of sp³-hybridized carbons (Fsp3) is 0.200. The lowest BCUT2D eigenvalue weighted by Crippen LogP contribution is -1.99. The number of aliphatic carboxylic acids is 1. The van der Waals surface area contributed by atoms with Crippen LogP contribution in [0.2, 0.25) is 0 Å². The molecule has 4 nitrogen and oxygen atoms in total. The second-order valence-electron chi connectivity index (χ2n) is 4.75. The molecule has 102 valence electrons. The van der Waals surface area contributed by atoms with Crippen molar-refractivity contribution in [1.29, 1.82) is 0 Å². The fourth-order valence-corrected chi connectivity index (χ4v) is 3.38. The van der Waals surface area contributed by atoms with E-state index < -0.39 is 5.97 Å². The number of hydrogen-bond acceptors (Lipinski definition) is 3. The first-order valence-corrected chi connectivity index (χ1v) is 7.16. The van der Waals surface area contributed by atoms with Gasteiger partial charge in [-0.2, -0.15) is 0 Å². The fourth-order valence-electron chi connectivity index (χ4n) is 2.45. The van der Waals surface area contributed by atoms with E-state index in [2.05, 4.69) is 28.6 Å². The Kier molecular flexibility index (Phi) is 3.06. The number of nitrogens with zero attached hydrogens (tertiary/aromatic N) is 2. The zero-order valence-electron chi connectivity index (χ0n) is 11.3. The van der Waals surface area contributed by atoms with Crippen LogP contribution in [0, 0.1) is 6.92 Å². The summed E-state index contributed by atoms with van der Waals surface area (Å²) in [5, 5.41) is 12.7. The van der Waals surface area contributed by atoms with Crippen molar-refractivity contribution in [2.24, 2.45) is 7.05 Å². The lowest BCUT2D eigenvalue weighted by molar-refractivity contribution is -0.136. The molecule has 0 unspecified atom stereocenters. The molecule has 0 aliphatic rings. The van der Waals surface area contributed by atoms with Crippen LogP contribution in [-0.2, 0) is 18.3 Å². The Hall–Kier alpha value is -2.14. The third-order valence-corrected chi connectivity index (χ3v) is 4.41. The average molecular weight is 286 g/mol. The number of carbonyl (C=O) groups is 1. The van der Waals surface area contributed by atoms with Crippen LogP contribution in [0.3, 0.4) is 0 Å². The molecule has 3 rings (SSSR count). The van der Waals surface area contributed by atoms with Crippen molar-refractivity contribution in [1.82, 2.24) is 9.55 Å². The first kappa shape index (κ1) is 12.9. The van der Waals surface area contributed by atoms with Crippen LogP contribution in [0.1, 0.15) is 11.4 Å². The minimum Gasteiger partial charge on any atom is -0.481 e. The van der Waals surface area contributed by atoms with Crippen LogP contribution in [0.5, 0.6) is 0 Å². The molecule has 0 radical (unpaired) electrons. The highest BCUT2D eigenvalue weighted by Gasteiger charge is 2.16. The van der Waals surface area contributed by atoms with Crippen molar-refractivity contribution in [3.05, 3.63) is 41.0 Å². The highest BCUT2D eigenvalue weighted by molar-refractivity contribution is 7.13. The number of aromatic nitrogens is 2. The predicted molar refractivity (Wildman–Crippen MR) is 80.1 cm³/mol. The van der Waals surface area contributed by atoms with Gasteiger partial charge in [0.2, 0.25) is 0 Å². The molecule has 0 spiro atoms. The summed E-state index contributed by atoms with van der Waals surface area (Å²) in [6.45, 7) is 2.06. The Morgan fingerprint density at radius 2 is 2.15 bits per heavy atom. The average Bonchev–Trinajstić information content (AvgIpc) is 2.94. The zero-order chi connectivity index (χ0) is 14.3. The van der Waals surface area contributed by atoms with E-state index in [0.717, 1.165) is 27.2 Å². The number of aryl methyl sites for hydroxylation is 1. The van der Waals surface area contributed by atoms with Crippen molar-refractivity contribution < 1.29 is 9.90 Å². The van der Waals surface area contributed by atoms with Gasteiger partial charge in [0.15, 0.2) is 0 Å². The van der Waals surface area contributed by atoms with Crippen LogP contribution >= 0.6 is 11.3 Å². The lowest BCUT2D eigenvalue weighted by atomic mass is 10.1. The first-order valence-electron chi connectivity index (χ1n) is 6.28. The molecule has 0 fully saturated rings. The van der Waals surface area contributed by atoms with E-state index in [1.165, 1.54) is 11.3 Å². The Bertz CT molecular complexity index is 801. The summed E-state index contributed by atoms with van der Waals surface area (Å²) >= 11 is 1.50. The van der Waals surface area contributed by atoms with E-state index in [1.54, 1.807) is 0 Å². The molecule has 3 aromatic rings. The van der Waals surface area contributed by atoms with Gasteiger partial charge in [0, 0.05) is 34.6 Å². The van der Waals surface area contributed by atoms with Crippen molar-refractivity contribution in [3.63, 3.8) is 0 Å². The highest BCUT2D eigenvalue weighted by atomic mass is 32.1. The molecular formula is C15H14N2O2S. The Morgan fingerprint density at radius 1 is 1.40 bits per heavy atom. The van der Waals surface area contributed by atoms with Crippen LogP contribution in [-0.4, -0.2) is 20.6 Å². The topological polar surface area (TPSA) is 55.1 Å². The number of hydrogen-bond donors (Lipinski definition) is 1. The summed E-state index contributed by atoms with van der Waals surface area (Å²) in [7, 11) is 2.03. The third kappa shape index (κ3) is 2.00. The molecule has 2 heterocycles. The second kappa shape index (κ2) is 4.76. The minimum absolute atomic E-state index is 0.0275. The molecule has 0 saturated heterocycles. The SMILES string of the molecule is Cc1c(-c2nc(CC(=O)O)cs2)c2ccccc2n1C. The van der Waals surface area contributed by atoms with Crippen LogP contribution in [0.25, 0.3) is 21.5 Å². The van der Waals surface area contributed by atoms with Gasteiger partial charge in [-0.1, -0.05) is 18.2 Å². The van der Waals surface area contributed by atoms with Crippen LogP contribution in [0.15, 0.2) is 29.6 Å². The predicted octanol–water partition coefficient (Wildman–Crippen LogP) is 3.24. The monoisotopic (exact) mass is 286 g/mol. The molecule has 0 saturated carbocycles. The normalized spacial score (nSPS) is 11.1. The molecular weight excluding hydrogens is 272 g/mol. The summed E-state index contributed by atoms with van der Waals surface area (Å²) in [4.78, 5) is 15.2. The van der Waals surface area contributed by atoms with Crippen molar-refractivity contribution >= 4 is 28.2 Å². The number of rotatable bonds is 3. The molecule has 0 amide bonds. The summed E-state index contributed by atoms with van der Waals surface area (Å²) in [5.74, 6) is -0.850. The van der Waals surface area contributed by atoms with E-state index in [0.29, 0.717) is 5.69 Å². The maximum absolute atomic E-state index is 10.8. The molecule has 0 atom stereocenters. The molecule has 1 aromatic carbocycles. The van der Waals surface area contributed by atoms with E-state index in [4.69, 9.17) is 5.11 Å². The molecule has 1 N–H and O–H groups in total. The first-order chi connectivity index (χ1) is 9.58. The van der Waals surface area contributed by atoms with E-state index >= 15 is 0 Å². The molecule has 0 aliphatic carbocycles. The number of fused-ring (bicyclic) bond motifs is 1. The van der Waals surface area contributed by atoms with Gasteiger partial charge in [-0.25, -0.2) is 4.98 Å². The number of carboxylic acid groups (broad SMARTS) is 1.